The zero-order chi connectivity index (χ0) is 12.7. The van der Waals surface area contributed by atoms with Gasteiger partial charge in [-0.05, 0) is 25.0 Å². The Morgan fingerprint density at radius 2 is 2.00 bits per heavy atom. The van der Waals surface area contributed by atoms with Gasteiger partial charge in [0.2, 0.25) is 0 Å². The Labute approximate surface area is 120 Å². The monoisotopic (exact) mass is 337 g/mol. The first kappa shape index (κ1) is 14.8. The summed E-state index contributed by atoms with van der Waals surface area (Å²) < 4.78 is 0. The molecule has 2 nitrogen and oxygen atoms in total. The highest BCUT2D eigenvalue weighted by Gasteiger charge is 2.11. The van der Waals surface area contributed by atoms with Crippen molar-refractivity contribution in [2.75, 3.05) is 11.9 Å². The van der Waals surface area contributed by atoms with Crippen LogP contribution in [0.3, 0.4) is 0 Å². The van der Waals surface area contributed by atoms with E-state index in [4.69, 9.17) is 23.2 Å². The van der Waals surface area contributed by atoms with E-state index in [9.17, 15) is 4.79 Å². The number of carbonyl (C=O) groups is 1. The zero-order valence-electron chi connectivity index (χ0n) is 9.31. The minimum Gasteiger partial charge on any atom is -0.352 e. The van der Waals surface area contributed by atoms with E-state index in [1.54, 1.807) is 18.2 Å². The van der Waals surface area contributed by atoms with Crippen LogP contribution >= 0.6 is 39.1 Å². The van der Waals surface area contributed by atoms with E-state index < -0.39 is 0 Å². The molecule has 0 fully saturated rings. The Bertz CT molecular complexity index is 385. The predicted molar refractivity (Wildman–Crippen MR) is 76.4 cm³/mol. The van der Waals surface area contributed by atoms with Gasteiger partial charge in [0.25, 0.3) is 5.91 Å². The van der Waals surface area contributed by atoms with Crippen LogP contribution in [0.2, 0.25) is 10.0 Å². The standard InChI is InChI=1S/C12H14BrCl2NO/c13-7-2-1-3-8-16-12(17)9-5-4-6-10(14)11(9)15/h4-6H,1-3,7-8H2,(H,16,17). The molecular formula is C12H14BrCl2NO. The largest absolute Gasteiger partial charge is 0.352 e. The molecule has 0 saturated carbocycles. The molecule has 0 bridgehead atoms. The SMILES string of the molecule is O=C(NCCCCCBr)c1cccc(Cl)c1Cl. The third kappa shape index (κ3) is 4.86. The molecule has 0 atom stereocenters. The van der Waals surface area contributed by atoms with E-state index in [1.807, 2.05) is 0 Å². The first-order valence-electron chi connectivity index (χ1n) is 5.45. The number of alkyl halides is 1. The van der Waals surface area contributed by atoms with Gasteiger partial charge >= 0.3 is 0 Å². The normalized spacial score (nSPS) is 10.3. The van der Waals surface area contributed by atoms with E-state index in [2.05, 4.69) is 21.2 Å². The molecule has 17 heavy (non-hydrogen) atoms. The summed E-state index contributed by atoms with van der Waals surface area (Å²) in [5.74, 6) is -0.170. The summed E-state index contributed by atoms with van der Waals surface area (Å²) in [6.45, 7) is 0.661. The van der Waals surface area contributed by atoms with Crippen LogP contribution in [-0.4, -0.2) is 17.8 Å². The molecule has 1 amide bonds. The molecule has 0 unspecified atom stereocenters. The summed E-state index contributed by atoms with van der Waals surface area (Å²) >= 11 is 15.2. The van der Waals surface area contributed by atoms with Gasteiger partial charge in [0.05, 0.1) is 15.6 Å². The highest BCUT2D eigenvalue weighted by atomic mass is 79.9. The maximum atomic E-state index is 11.8. The molecule has 94 valence electrons. The molecule has 1 aromatic rings. The topological polar surface area (TPSA) is 29.1 Å². The van der Waals surface area contributed by atoms with Gasteiger partial charge in [0, 0.05) is 11.9 Å². The molecule has 0 saturated heterocycles. The number of nitrogens with one attached hydrogen (secondary N) is 1. The molecule has 0 aliphatic heterocycles. The molecule has 0 radical (unpaired) electrons. The van der Waals surface area contributed by atoms with Crippen molar-refractivity contribution in [2.45, 2.75) is 19.3 Å². The quantitative estimate of drug-likeness (QED) is 0.608. The van der Waals surface area contributed by atoms with Crippen molar-refractivity contribution in [3.05, 3.63) is 33.8 Å². The number of amides is 1. The zero-order valence-corrected chi connectivity index (χ0v) is 12.4. The first-order chi connectivity index (χ1) is 8.16. The highest BCUT2D eigenvalue weighted by molar-refractivity contribution is 9.09. The van der Waals surface area contributed by atoms with Gasteiger partial charge in [-0.25, -0.2) is 0 Å². The Balaban J connectivity index is 2.44. The molecule has 0 spiro atoms. The fourth-order valence-corrected chi connectivity index (χ4v) is 2.16. The Morgan fingerprint density at radius 1 is 1.24 bits per heavy atom. The smallest absolute Gasteiger partial charge is 0.252 e. The molecule has 0 aliphatic carbocycles. The predicted octanol–water partition coefficient (Wildman–Crippen LogP) is 4.29. The van der Waals surface area contributed by atoms with E-state index in [1.165, 1.54) is 0 Å². The van der Waals surface area contributed by atoms with E-state index in [0.29, 0.717) is 22.2 Å². The fraction of sp³-hybridized carbons (Fsp3) is 0.417. The van der Waals surface area contributed by atoms with Crippen LogP contribution < -0.4 is 5.32 Å². The number of rotatable bonds is 6. The molecule has 0 aromatic heterocycles. The second-order valence-corrected chi connectivity index (χ2v) is 5.19. The van der Waals surface area contributed by atoms with E-state index >= 15 is 0 Å². The van der Waals surface area contributed by atoms with Crippen molar-refractivity contribution < 1.29 is 4.79 Å². The number of hydrogen-bond donors (Lipinski definition) is 1. The van der Waals surface area contributed by atoms with Gasteiger partial charge in [0.15, 0.2) is 0 Å². The van der Waals surface area contributed by atoms with Crippen molar-refractivity contribution in [2.24, 2.45) is 0 Å². The van der Waals surface area contributed by atoms with Crippen LogP contribution in [-0.2, 0) is 0 Å². The number of hydrogen-bond acceptors (Lipinski definition) is 1. The minimum atomic E-state index is -0.170. The number of benzene rings is 1. The lowest BCUT2D eigenvalue weighted by atomic mass is 10.2. The van der Waals surface area contributed by atoms with Gasteiger partial charge in [-0.15, -0.1) is 0 Å². The second-order valence-electron chi connectivity index (χ2n) is 3.61. The van der Waals surface area contributed by atoms with Crippen LogP contribution in [0.25, 0.3) is 0 Å². The maximum absolute atomic E-state index is 11.8. The van der Waals surface area contributed by atoms with Crippen molar-refractivity contribution in [1.29, 1.82) is 0 Å². The Kier molecular flexibility index (Phi) is 6.93. The van der Waals surface area contributed by atoms with Crippen LogP contribution in [0.15, 0.2) is 18.2 Å². The van der Waals surface area contributed by atoms with Gasteiger partial charge in [-0.1, -0.05) is 51.6 Å². The van der Waals surface area contributed by atoms with Crippen molar-refractivity contribution in [1.82, 2.24) is 5.32 Å². The van der Waals surface area contributed by atoms with Gasteiger partial charge in [0.1, 0.15) is 0 Å². The fourth-order valence-electron chi connectivity index (χ4n) is 1.37. The van der Waals surface area contributed by atoms with Crippen molar-refractivity contribution in [3.8, 4) is 0 Å². The van der Waals surface area contributed by atoms with Gasteiger partial charge in [-0.2, -0.15) is 0 Å². The summed E-state index contributed by atoms with van der Waals surface area (Å²) in [6.07, 6.45) is 3.18. The average molecular weight is 339 g/mol. The van der Waals surface area contributed by atoms with E-state index in [-0.39, 0.29) is 5.91 Å². The molecule has 0 heterocycles. The summed E-state index contributed by atoms with van der Waals surface area (Å²) in [6, 6.07) is 5.05. The molecule has 1 N–H and O–H groups in total. The highest BCUT2D eigenvalue weighted by Crippen LogP contribution is 2.25. The lowest BCUT2D eigenvalue weighted by Gasteiger charge is -2.07. The molecule has 1 rings (SSSR count). The van der Waals surface area contributed by atoms with Gasteiger partial charge in [-0.3, -0.25) is 4.79 Å². The van der Waals surface area contributed by atoms with Crippen LogP contribution in [0.4, 0.5) is 0 Å². The van der Waals surface area contributed by atoms with E-state index in [0.717, 1.165) is 24.6 Å². The van der Waals surface area contributed by atoms with Crippen molar-refractivity contribution >= 4 is 45.0 Å². The van der Waals surface area contributed by atoms with Crippen LogP contribution in [0.1, 0.15) is 29.6 Å². The summed E-state index contributed by atoms with van der Waals surface area (Å²) in [5.41, 5.74) is 0.430. The average Bonchev–Trinajstić information content (AvgIpc) is 2.32. The van der Waals surface area contributed by atoms with Gasteiger partial charge < -0.3 is 5.32 Å². The Morgan fingerprint density at radius 3 is 2.71 bits per heavy atom. The first-order valence-corrected chi connectivity index (χ1v) is 7.32. The van der Waals surface area contributed by atoms with Crippen LogP contribution in [0, 0.1) is 0 Å². The second kappa shape index (κ2) is 7.96. The van der Waals surface area contributed by atoms with Crippen molar-refractivity contribution in [3.63, 3.8) is 0 Å². The number of unbranched alkanes of at least 4 members (excludes halogenated alkanes) is 2. The third-order valence-electron chi connectivity index (χ3n) is 2.29. The Hall–Kier alpha value is -0.250. The summed E-state index contributed by atoms with van der Waals surface area (Å²) in [4.78, 5) is 11.8. The lowest BCUT2D eigenvalue weighted by molar-refractivity contribution is 0.0953. The summed E-state index contributed by atoms with van der Waals surface area (Å²) in [7, 11) is 0. The molecule has 0 aliphatic rings. The number of halogens is 3. The third-order valence-corrected chi connectivity index (χ3v) is 3.67. The maximum Gasteiger partial charge on any atom is 0.252 e. The van der Waals surface area contributed by atoms with Crippen LogP contribution in [0.5, 0.6) is 0 Å². The molecule has 1 aromatic carbocycles. The summed E-state index contributed by atoms with van der Waals surface area (Å²) in [5, 5.41) is 4.54. The molecular weight excluding hydrogens is 325 g/mol. The number of carbonyl (C=O) groups excluding carboxylic acids is 1. The minimum absolute atomic E-state index is 0.170. The molecule has 5 heteroatoms. The lowest BCUT2D eigenvalue weighted by Crippen LogP contribution is -2.24.